The lowest BCUT2D eigenvalue weighted by atomic mass is 10.0. The molecule has 0 saturated carbocycles. The molecule has 4 heterocycles. The molecule has 6 nitrogen and oxygen atoms in total. The predicted octanol–water partition coefficient (Wildman–Crippen LogP) is 13.0. The molecule has 266 valence electrons. The number of nitrogens with zero attached hydrogens (tertiary/aromatic N) is 5. The maximum Gasteiger partial charge on any atom is 0.240 e. The Labute approximate surface area is 326 Å². The first kappa shape index (κ1) is 31.5. The summed E-state index contributed by atoms with van der Waals surface area (Å²) in [5, 5.41) is 6.59. The molecular formula is C51H31N5O. The maximum atomic E-state index is 6.24. The number of para-hydroxylation sites is 3. The number of hydrogen-bond donors (Lipinski definition) is 0. The topological polar surface area (TPSA) is 61.7 Å². The lowest BCUT2D eigenvalue weighted by Gasteiger charge is -2.13. The molecule has 0 fully saturated rings. The minimum Gasteiger partial charge on any atom is -0.456 e. The van der Waals surface area contributed by atoms with Crippen LogP contribution in [0.4, 0.5) is 0 Å². The molecule has 0 N–H and O–H groups in total. The third-order valence-electron chi connectivity index (χ3n) is 11.2. The highest BCUT2D eigenvalue weighted by Crippen LogP contribution is 2.38. The summed E-state index contributed by atoms with van der Waals surface area (Å²) in [7, 11) is 0. The fourth-order valence-corrected chi connectivity index (χ4v) is 8.54. The van der Waals surface area contributed by atoms with Crippen LogP contribution < -0.4 is 0 Å². The van der Waals surface area contributed by atoms with Crippen molar-refractivity contribution in [2.24, 2.45) is 0 Å². The van der Waals surface area contributed by atoms with E-state index in [1.54, 1.807) is 0 Å². The van der Waals surface area contributed by atoms with Gasteiger partial charge in [-0.3, -0.25) is 9.13 Å². The van der Waals surface area contributed by atoms with Crippen LogP contribution in [0.2, 0.25) is 0 Å². The average Bonchev–Trinajstić information content (AvgIpc) is 3.94. The largest absolute Gasteiger partial charge is 0.456 e. The summed E-state index contributed by atoms with van der Waals surface area (Å²) in [5.74, 6) is 1.64. The van der Waals surface area contributed by atoms with Crippen molar-refractivity contribution in [1.82, 2.24) is 24.1 Å². The summed E-state index contributed by atoms with van der Waals surface area (Å²) in [6.07, 6.45) is 0. The standard InChI is InChI=1S/C51H31N5O/c1-3-13-32(14-4-1)34-23-26-39-40-27-24-35(33-15-5-2-6-16-33)31-46(40)56(45(39)30-34)51-53-49(36-25-28-48-42(29-36)41-19-9-12-22-47(41)57-48)52-50(54-51)55-43-20-10-7-17-37(43)38-18-8-11-21-44(38)55/h1-31H. The normalized spacial score (nSPS) is 11.9. The van der Waals surface area contributed by atoms with Crippen LogP contribution in [0.5, 0.6) is 0 Å². The molecule has 0 amide bonds. The Kier molecular flexibility index (Phi) is 6.83. The highest BCUT2D eigenvalue weighted by Gasteiger charge is 2.22. The quantitative estimate of drug-likeness (QED) is 0.177. The first-order valence-corrected chi connectivity index (χ1v) is 19.1. The molecule has 12 aromatic rings. The number of aromatic nitrogens is 5. The highest BCUT2D eigenvalue weighted by atomic mass is 16.3. The van der Waals surface area contributed by atoms with Crippen molar-refractivity contribution in [3.63, 3.8) is 0 Å². The van der Waals surface area contributed by atoms with Crippen LogP contribution in [0.25, 0.3) is 111 Å². The molecular weight excluding hydrogens is 699 g/mol. The summed E-state index contributed by atoms with van der Waals surface area (Å²) >= 11 is 0. The molecule has 0 aliphatic carbocycles. The molecule has 0 unspecified atom stereocenters. The number of fused-ring (bicyclic) bond motifs is 9. The molecule has 8 aromatic carbocycles. The van der Waals surface area contributed by atoms with Crippen molar-refractivity contribution in [1.29, 1.82) is 0 Å². The van der Waals surface area contributed by atoms with Crippen molar-refractivity contribution in [3.8, 4) is 45.5 Å². The molecule has 4 aromatic heterocycles. The first-order valence-electron chi connectivity index (χ1n) is 19.1. The monoisotopic (exact) mass is 729 g/mol. The van der Waals surface area contributed by atoms with Crippen LogP contribution in [0.3, 0.4) is 0 Å². The van der Waals surface area contributed by atoms with E-state index in [2.05, 4.69) is 167 Å². The van der Waals surface area contributed by atoms with Crippen LogP contribution in [0.15, 0.2) is 192 Å². The van der Waals surface area contributed by atoms with Gasteiger partial charge in [-0.05, 0) is 70.8 Å². The molecule has 0 spiro atoms. The lowest BCUT2D eigenvalue weighted by Crippen LogP contribution is -2.10. The second kappa shape index (κ2) is 12.3. The van der Waals surface area contributed by atoms with Gasteiger partial charge in [0.05, 0.1) is 22.1 Å². The number of rotatable bonds is 5. The van der Waals surface area contributed by atoms with Gasteiger partial charge in [-0.15, -0.1) is 0 Å². The van der Waals surface area contributed by atoms with Crippen LogP contribution in [0, 0.1) is 0 Å². The molecule has 6 heteroatoms. The van der Waals surface area contributed by atoms with Gasteiger partial charge in [0, 0.05) is 37.9 Å². The van der Waals surface area contributed by atoms with E-state index in [9.17, 15) is 0 Å². The summed E-state index contributed by atoms with van der Waals surface area (Å²) in [5.41, 5.74) is 11.1. The molecule has 0 radical (unpaired) electrons. The van der Waals surface area contributed by atoms with E-state index < -0.39 is 0 Å². The van der Waals surface area contributed by atoms with Crippen LogP contribution >= 0.6 is 0 Å². The molecule has 0 aliphatic rings. The molecule has 0 bridgehead atoms. The molecule has 0 atom stereocenters. The van der Waals surface area contributed by atoms with Crippen molar-refractivity contribution >= 4 is 65.6 Å². The smallest absolute Gasteiger partial charge is 0.240 e. The van der Waals surface area contributed by atoms with Gasteiger partial charge in [0.1, 0.15) is 11.2 Å². The van der Waals surface area contributed by atoms with E-state index in [4.69, 9.17) is 19.4 Å². The van der Waals surface area contributed by atoms with Crippen molar-refractivity contribution in [2.45, 2.75) is 0 Å². The summed E-state index contributed by atoms with van der Waals surface area (Å²) < 4.78 is 10.6. The van der Waals surface area contributed by atoms with E-state index in [0.29, 0.717) is 17.7 Å². The van der Waals surface area contributed by atoms with Crippen molar-refractivity contribution in [3.05, 3.63) is 188 Å². The Bertz CT molecular complexity index is 3370. The Hall–Kier alpha value is -7.83. The van der Waals surface area contributed by atoms with Gasteiger partial charge in [-0.1, -0.05) is 140 Å². The summed E-state index contributed by atoms with van der Waals surface area (Å²) in [6.45, 7) is 0. The lowest BCUT2D eigenvalue weighted by molar-refractivity contribution is 0.669. The van der Waals surface area contributed by atoms with Crippen molar-refractivity contribution < 1.29 is 4.42 Å². The molecule has 0 saturated heterocycles. The Morgan fingerprint density at radius 2 is 0.754 bits per heavy atom. The summed E-state index contributed by atoms with van der Waals surface area (Å²) in [4.78, 5) is 16.1. The Morgan fingerprint density at radius 1 is 0.298 bits per heavy atom. The van der Waals surface area contributed by atoms with Crippen LogP contribution in [-0.4, -0.2) is 24.1 Å². The SMILES string of the molecule is c1ccc(-c2ccc3c4ccc(-c5ccccc5)cc4n(-c4nc(-c5ccc6oc7ccccc7c6c5)nc(-n5c6ccccc6c6ccccc65)n4)c3c2)cc1. The highest BCUT2D eigenvalue weighted by molar-refractivity contribution is 6.12. The second-order valence-electron chi connectivity index (χ2n) is 14.5. The van der Waals surface area contributed by atoms with Crippen LogP contribution in [-0.2, 0) is 0 Å². The zero-order valence-electron chi connectivity index (χ0n) is 30.5. The maximum absolute atomic E-state index is 6.24. The van der Waals surface area contributed by atoms with E-state index in [-0.39, 0.29) is 0 Å². The van der Waals surface area contributed by atoms with Gasteiger partial charge in [0.2, 0.25) is 11.9 Å². The summed E-state index contributed by atoms with van der Waals surface area (Å²) in [6, 6.07) is 65.7. The van der Waals surface area contributed by atoms with Gasteiger partial charge in [0.15, 0.2) is 5.82 Å². The van der Waals surface area contributed by atoms with E-state index >= 15 is 0 Å². The van der Waals surface area contributed by atoms with E-state index in [0.717, 1.165) is 93.4 Å². The number of benzene rings is 8. The zero-order valence-corrected chi connectivity index (χ0v) is 30.5. The molecule has 57 heavy (non-hydrogen) atoms. The molecule has 12 rings (SSSR count). The Morgan fingerprint density at radius 3 is 1.35 bits per heavy atom. The van der Waals surface area contributed by atoms with E-state index in [1.807, 2.05) is 30.3 Å². The van der Waals surface area contributed by atoms with Gasteiger partial charge in [0.25, 0.3) is 0 Å². The number of hydrogen-bond acceptors (Lipinski definition) is 4. The predicted molar refractivity (Wildman–Crippen MR) is 232 cm³/mol. The fourth-order valence-electron chi connectivity index (χ4n) is 8.54. The van der Waals surface area contributed by atoms with Crippen molar-refractivity contribution in [2.75, 3.05) is 0 Å². The minimum atomic E-state index is 0.532. The van der Waals surface area contributed by atoms with E-state index in [1.165, 1.54) is 0 Å². The fraction of sp³-hybridized carbons (Fsp3) is 0. The minimum absolute atomic E-state index is 0.532. The third kappa shape index (κ3) is 4.94. The Balaban J connectivity index is 1.19. The molecule has 0 aliphatic heterocycles. The van der Waals surface area contributed by atoms with Gasteiger partial charge >= 0.3 is 0 Å². The van der Waals surface area contributed by atoms with Gasteiger partial charge in [-0.2, -0.15) is 15.0 Å². The van der Waals surface area contributed by atoms with Gasteiger partial charge < -0.3 is 4.42 Å². The zero-order chi connectivity index (χ0) is 37.5. The second-order valence-corrected chi connectivity index (χ2v) is 14.5. The van der Waals surface area contributed by atoms with Crippen LogP contribution in [0.1, 0.15) is 0 Å². The van der Waals surface area contributed by atoms with Gasteiger partial charge in [-0.25, -0.2) is 0 Å². The average molecular weight is 730 g/mol. The third-order valence-corrected chi connectivity index (χ3v) is 11.2. The number of furan rings is 1. The first-order chi connectivity index (χ1) is 28.2.